The van der Waals surface area contributed by atoms with Crippen LogP contribution in [-0.4, -0.2) is 72.7 Å². The summed E-state index contributed by atoms with van der Waals surface area (Å²) in [5.41, 5.74) is 3.92. The summed E-state index contributed by atoms with van der Waals surface area (Å²) >= 11 is 0. The summed E-state index contributed by atoms with van der Waals surface area (Å²) in [6.07, 6.45) is 0.642. The number of ether oxygens (including phenoxy) is 1. The van der Waals surface area contributed by atoms with Crippen LogP contribution < -0.4 is 0 Å². The van der Waals surface area contributed by atoms with Crippen LogP contribution in [-0.2, 0) is 11.2 Å². The molecule has 2 heterocycles. The number of cyclic esters (lactones) is 1. The number of nitrogens with zero attached hydrogens (tertiary/aromatic N) is 3. The molecule has 34 heavy (non-hydrogen) atoms. The van der Waals surface area contributed by atoms with Gasteiger partial charge in [0.2, 0.25) is 0 Å². The third-order valence-electron chi connectivity index (χ3n) is 6.93. The number of carbonyl (C=O) groups excluding carboxylic acids is 1. The SMILES string of the molecule is O=C1OC(CN2CCN(C(c3ccccc3)c3ccccc3)CC2)CN1CCc1ccccc1. The summed E-state index contributed by atoms with van der Waals surface area (Å²) in [6.45, 7) is 6.15. The molecule has 0 spiro atoms. The van der Waals surface area contributed by atoms with Crippen molar-refractivity contribution in [1.29, 1.82) is 0 Å². The molecule has 2 saturated heterocycles. The van der Waals surface area contributed by atoms with Crippen LogP contribution in [0.5, 0.6) is 0 Å². The summed E-state index contributed by atoms with van der Waals surface area (Å²) in [6, 6.07) is 32.2. The van der Waals surface area contributed by atoms with Crippen LogP contribution in [0.15, 0.2) is 91.0 Å². The van der Waals surface area contributed by atoms with E-state index < -0.39 is 0 Å². The Morgan fingerprint density at radius 3 is 1.91 bits per heavy atom. The zero-order chi connectivity index (χ0) is 23.2. The average molecular weight is 456 g/mol. The van der Waals surface area contributed by atoms with Crippen LogP contribution in [0.3, 0.4) is 0 Å². The first-order valence-electron chi connectivity index (χ1n) is 12.3. The Morgan fingerprint density at radius 1 is 0.765 bits per heavy atom. The van der Waals surface area contributed by atoms with Gasteiger partial charge in [-0.05, 0) is 23.1 Å². The summed E-state index contributed by atoms with van der Waals surface area (Å²) in [7, 11) is 0. The van der Waals surface area contributed by atoms with Crippen molar-refractivity contribution in [2.24, 2.45) is 0 Å². The first-order valence-corrected chi connectivity index (χ1v) is 12.3. The molecule has 2 aliphatic rings. The first-order chi connectivity index (χ1) is 16.8. The van der Waals surface area contributed by atoms with Gasteiger partial charge in [0.25, 0.3) is 0 Å². The lowest BCUT2D eigenvalue weighted by Crippen LogP contribution is -2.50. The van der Waals surface area contributed by atoms with Crippen molar-refractivity contribution in [2.75, 3.05) is 45.8 Å². The molecule has 0 radical (unpaired) electrons. The van der Waals surface area contributed by atoms with Gasteiger partial charge in [0, 0.05) is 39.3 Å². The Bertz CT molecular complexity index is 997. The van der Waals surface area contributed by atoms with E-state index in [0.717, 1.165) is 39.1 Å². The van der Waals surface area contributed by atoms with E-state index in [1.54, 1.807) is 0 Å². The van der Waals surface area contributed by atoms with Gasteiger partial charge in [-0.15, -0.1) is 0 Å². The molecule has 1 amide bonds. The lowest BCUT2D eigenvalue weighted by molar-refractivity contribution is 0.0670. The maximum Gasteiger partial charge on any atom is 0.410 e. The predicted octanol–water partition coefficient (Wildman–Crippen LogP) is 4.46. The molecule has 0 aliphatic carbocycles. The Hall–Kier alpha value is -3.15. The number of carbonyl (C=O) groups is 1. The van der Waals surface area contributed by atoms with Crippen molar-refractivity contribution in [3.05, 3.63) is 108 Å². The third-order valence-corrected chi connectivity index (χ3v) is 6.93. The maximum absolute atomic E-state index is 12.4. The quantitative estimate of drug-likeness (QED) is 0.503. The first kappa shape index (κ1) is 22.6. The number of rotatable bonds is 8. The molecule has 3 aromatic carbocycles. The number of benzene rings is 3. The minimum Gasteiger partial charge on any atom is -0.443 e. The van der Waals surface area contributed by atoms with Crippen LogP contribution in [0.4, 0.5) is 4.79 Å². The standard InChI is InChI=1S/C29H33N3O2/c33-29-32(17-16-24-10-4-1-5-11-24)23-27(34-29)22-30-18-20-31(21-19-30)28(25-12-6-2-7-13-25)26-14-8-3-9-15-26/h1-15,27-28H,16-23H2. The van der Waals surface area contributed by atoms with Crippen molar-refractivity contribution in [2.45, 2.75) is 18.6 Å². The predicted molar refractivity (Wildman–Crippen MR) is 135 cm³/mol. The fourth-order valence-corrected chi connectivity index (χ4v) is 5.14. The number of piperazine rings is 1. The summed E-state index contributed by atoms with van der Waals surface area (Å²) in [5, 5.41) is 0. The van der Waals surface area contributed by atoms with E-state index in [4.69, 9.17) is 4.74 Å². The molecule has 5 nitrogen and oxygen atoms in total. The van der Waals surface area contributed by atoms with Gasteiger partial charge in [-0.1, -0.05) is 91.0 Å². The Kier molecular flexibility index (Phi) is 7.22. The van der Waals surface area contributed by atoms with Crippen molar-refractivity contribution < 1.29 is 9.53 Å². The van der Waals surface area contributed by atoms with Gasteiger partial charge in [-0.2, -0.15) is 0 Å². The lowest BCUT2D eigenvalue weighted by atomic mass is 9.96. The molecule has 0 saturated carbocycles. The largest absolute Gasteiger partial charge is 0.443 e. The van der Waals surface area contributed by atoms with Crippen LogP contribution in [0, 0.1) is 0 Å². The lowest BCUT2D eigenvalue weighted by Gasteiger charge is -2.40. The summed E-state index contributed by atoms with van der Waals surface area (Å²) in [4.78, 5) is 19.3. The van der Waals surface area contributed by atoms with E-state index in [-0.39, 0.29) is 18.2 Å². The molecular weight excluding hydrogens is 422 g/mol. The molecule has 5 rings (SSSR count). The fraction of sp³-hybridized carbons (Fsp3) is 0.345. The molecule has 0 aromatic heterocycles. The van der Waals surface area contributed by atoms with Gasteiger partial charge in [0.1, 0.15) is 6.10 Å². The second-order valence-corrected chi connectivity index (χ2v) is 9.25. The van der Waals surface area contributed by atoms with Crippen LogP contribution >= 0.6 is 0 Å². The van der Waals surface area contributed by atoms with E-state index in [2.05, 4.69) is 82.6 Å². The molecule has 2 fully saturated rings. The smallest absolute Gasteiger partial charge is 0.410 e. The highest BCUT2D eigenvalue weighted by Crippen LogP contribution is 2.29. The van der Waals surface area contributed by atoms with E-state index in [1.165, 1.54) is 16.7 Å². The van der Waals surface area contributed by atoms with Crippen LogP contribution in [0.2, 0.25) is 0 Å². The molecule has 176 valence electrons. The molecule has 0 bridgehead atoms. The van der Waals surface area contributed by atoms with Crippen LogP contribution in [0.1, 0.15) is 22.7 Å². The van der Waals surface area contributed by atoms with Gasteiger partial charge < -0.3 is 9.64 Å². The average Bonchev–Trinajstić information content (AvgIpc) is 3.24. The third kappa shape index (κ3) is 5.49. The Balaban J connectivity index is 1.15. The molecular formula is C29H33N3O2. The zero-order valence-corrected chi connectivity index (χ0v) is 19.6. The van der Waals surface area contributed by atoms with E-state index in [9.17, 15) is 4.79 Å². The monoisotopic (exact) mass is 455 g/mol. The highest BCUT2D eigenvalue weighted by Gasteiger charge is 2.33. The van der Waals surface area contributed by atoms with Crippen molar-refractivity contribution in [3.8, 4) is 0 Å². The van der Waals surface area contributed by atoms with Gasteiger partial charge in [-0.3, -0.25) is 9.80 Å². The van der Waals surface area contributed by atoms with Gasteiger partial charge in [-0.25, -0.2) is 4.79 Å². The molecule has 0 N–H and O–H groups in total. The minimum atomic E-state index is -0.173. The summed E-state index contributed by atoms with van der Waals surface area (Å²) < 4.78 is 5.71. The van der Waals surface area contributed by atoms with E-state index in [0.29, 0.717) is 13.1 Å². The Labute approximate surface area is 202 Å². The molecule has 1 atom stereocenters. The normalized spacial score (nSPS) is 19.5. The van der Waals surface area contributed by atoms with Gasteiger partial charge in [0.15, 0.2) is 0 Å². The fourth-order valence-electron chi connectivity index (χ4n) is 5.14. The zero-order valence-electron chi connectivity index (χ0n) is 19.6. The molecule has 3 aromatic rings. The van der Waals surface area contributed by atoms with Crippen molar-refractivity contribution >= 4 is 6.09 Å². The molecule has 2 aliphatic heterocycles. The second kappa shape index (κ2) is 10.9. The van der Waals surface area contributed by atoms with E-state index >= 15 is 0 Å². The number of hydrogen-bond acceptors (Lipinski definition) is 4. The van der Waals surface area contributed by atoms with Crippen molar-refractivity contribution in [3.63, 3.8) is 0 Å². The highest BCUT2D eigenvalue weighted by atomic mass is 16.6. The highest BCUT2D eigenvalue weighted by molar-refractivity contribution is 5.69. The number of amides is 1. The van der Waals surface area contributed by atoms with Gasteiger partial charge in [0.05, 0.1) is 12.6 Å². The number of hydrogen-bond donors (Lipinski definition) is 0. The second-order valence-electron chi connectivity index (χ2n) is 9.25. The molecule has 1 unspecified atom stereocenters. The van der Waals surface area contributed by atoms with Crippen LogP contribution in [0.25, 0.3) is 0 Å². The minimum absolute atomic E-state index is 0.0473. The van der Waals surface area contributed by atoms with E-state index in [1.807, 2.05) is 23.1 Å². The topological polar surface area (TPSA) is 36.0 Å². The molecule has 5 heteroatoms. The van der Waals surface area contributed by atoms with Gasteiger partial charge >= 0.3 is 6.09 Å². The van der Waals surface area contributed by atoms with Crippen molar-refractivity contribution in [1.82, 2.24) is 14.7 Å². The Morgan fingerprint density at radius 2 is 1.32 bits per heavy atom. The summed E-state index contributed by atoms with van der Waals surface area (Å²) in [5.74, 6) is 0. The maximum atomic E-state index is 12.4.